The number of hydrogen-bond acceptors (Lipinski definition) is 0. The molecule has 0 saturated carbocycles. The van der Waals surface area contributed by atoms with Crippen LogP contribution in [0.2, 0.25) is 0 Å². The first-order valence-electron chi connectivity index (χ1n) is 15.0. The Morgan fingerprint density at radius 3 is 1.13 bits per heavy atom. The number of fused-ring (bicyclic) bond motifs is 6. The van der Waals surface area contributed by atoms with Gasteiger partial charge >= 0.3 is 30.2 Å². The van der Waals surface area contributed by atoms with E-state index in [0.29, 0.717) is 0 Å². The molecule has 0 N–H and O–H groups in total. The van der Waals surface area contributed by atoms with Crippen LogP contribution in [0.25, 0.3) is 43.1 Å². The number of aryl methyl sites for hydroxylation is 2. The Hall–Kier alpha value is -3.26. The molecule has 0 aliphatic heterocycles. The van der Waals surface area contributed by atoms with E-state index in [9.17, 15) is 0 Å². The zero-order chi connectivity index (χ0) is 31.0. The minimum absolute atomic E-state index is 0. The monoisotopic (exact) mass is 728 g/mol. The Balaban J connectivity index is 0.000000222. The number of benzene rings is 6. The first kappa shape index (κ1) is 38.9. The summed E-state index contributed by atoms with van der Waals surface area (Å²) in [5.41, 5.74) is 2.86. The Labute approximate surface area is 303 Å². The van der Waals surface area contributed by atoms with E-state index in [1.807, 2.05) is 60.7 Å². The molecular weight excluding hydrogens is 695 g/mol. The van der Waals surface area contributed by atoms with Crippen LogP contribution in [0.3, 0.4) is 0 Å². The van der Waals surface area contributed by atoms with Crippen LogP contribution in [0.15, 0.2) is 158 Å². The molecule has 46 heavy (non-hydrogen) atoms. The van der Waals surface area contributed by atoms with Crippen molar-refractivity contribution in [3.63, 3.8) is 0 Å². The van der Waals surface area contributed by atoms with Crippen LogP contribution in [-0.2, 0) is 36.2 Å². The molecule has 0 saturated heterocycles. The van der Waals surface area contributed by atoms with Gasteiger partial charge in [-0.1, -0.05) is 96.1 Å². The van der Waals surface area contributed by atoms with Gasteiger partial charge in [-0.05, 0) is 12.8 Å². The Kier molecular flexibility index (Phi) is 18.2. The molecule has 8 aromatic rings. The first-order valence-corrected chi connectivity index (χ1v) is 19.2. The van der Waals surface area contributed by atoms with E-state index < -0.39 is 0 Å². The van der Waals surface area contributed by atoms with Crippen molar-refractivity contribution >= 4 is 50.0 Å². The van der Waals surface area contributed by atoms with E-state index in [2.05, 4.69) is 130 Å². The summed E-state index contributed by atoms with van der Waals surface area (Å²) in [5, 5.41) is 10.9. The fraction of sp³-hybridized carbons (Fsp3) is 0.0952. The first-order chi connectivity index (χ1) is 21.8. The second-order valence-corrected chi connectivity index (χ2v) is 10.2. The molecule has 0 heterocycles. The molecule has 0 aliphatic rings. The van der Waals surface area contributed by atoms with Crippen molar-refractivity contribution in [2.45, 2.75) is 26.7 Å². The molecule has 0 bridgehead atoms. The Morgan fingerprint density at radius 1 is 0.478 bits per heavy atom. The SMILES string of the molecule is CCc1cc2ccc3ccccc3c2[cH-]1.CCc1cc2ccc3ccccc3c2[cH-]1.[Cl-].[Cl-].[Si]=[Zr].[c-]1ccccc1.[c-]1ccccc1. The summed E-state index contributed by atoms with van der Waals surface area (Å²) in [6, 6.07) is 60.2. The van der Waals surface area contributed by atoms with E-state index in [0.717, 1.165) is 12.8 Å². The van der Waals surface area contributed by atoms with E-state index >= 15 is 0 Å². The predicted octanol–water partition coefficient (Wildman–Crippen LogP) is 5.15. The fourth-order valence-electron chi connectivity index (χ4n) is 5.14. The molecule has 4 heteroatoms. The molecule has 0 spiro atoms. The predicted molar refractivity (Wildman–Crippen MR) is 189 cm³/mol. The van der Waals surface area contributed by atoms with Gasteiger partial charge in [0.1, 0.15) is 0 Å². The van der Waals surface area contributed by atoms with Crippen LogP contribution in [0, 0.1) is 12.1 Å². The van der Waals surface area contributed by atoms with Crippen molar-refractivity contribution < 1.29 is 48.1 Å². The molecule has 0 fully saturated rings. The molecule has 0 nitrogen and oxygen atoms in total. The van der Waals surface area contributed by atoms with Crippen molar-refractivity contribution in [1.29, 1.82) is 0 Å². The molecule has 2 radical (unpaired) electrons. The summed E-state index contributed by atoms with van der Waals surface area (Å²) in [6.45, 7) is 7.47. The van der Waals surface area contributed by atoms with Gasteiger partial charge in [0, 0.05) is 0 Å². The molecule has 0 unspecified atom stereocenters. The van der Waals surface area contributed by atoms with Crippen LogP contribution < -0.4 is 24.8 Å². The van der Waals surface area contributed by atoms with Crippen molar-refractivity contribution in [1.82, 2.24) is 0 Å². The third kappa shape index (κ3) is 10.9. The third-order valence-electron chi connectivity index (χ3n) is 7.38. The van der Waals surface area contributed by atoms with Gasteiger partial charge in [-0.3, -0.25) is 0 Å². The van der Waals surface area contributed by atoms with Gasteiger partial charge in [-0.15, -0.1) is 56.9 Å². The molecule has 0 atom stereocenters. The largest absolute Gasteiger partial charge is 0.184 e. The smallest absolute Gasteiger partial charge is 0.171 e. The molecule has 0 amide bonds. The van der Waals surface area contributed by atoms with Crippen LogP contribution in [0.4, 0.5) is 0 Å². The molecular formula is C42H36Cl2SiZr-6. The molecule has 232 valence electrons. The minimum atomic E-state index is 0. The van der Waals surface area contributed by atoms with Gasteiger partial charge in [0.05, 0.1) is 0 Å². The average molecular weight is 731 g/mol. The zero-order valence-electron chi connectivity index (χ0n) is 26.2. The van der Waals surface area contributed by atoms with Gasteiger partial charge in [-0.25, -0.2) is 0 Å². The van der Waals surface area contributed by atoms with Crippen LogP contribution >= 0.6 is 0 Å². The van der Waals surface area contributed by atoms with Gasteiger partial charge in [0.15, 0.2) is 0 Å². The topological polar surface area (TPSA) is 0 Å². The normalized spacial score (nSPS) is 9.50. The minimum Gasteiger partial charge on any atom is -0.184 e. The third-order valence-corrected chi connectivity index (χ3v) is 7.38. The number of hydrogen-bond donors (Lipinski definition) is 0. The van der Waals surface area contributed by atoms with Gasteiger partial charge in [0.2, 0.25) is 0 Å². The maximum absolute atomic E-state index is 3.06. The standard InChI is InChI=1S/2C15H13.2C6H5.2ClH.Si.Zr/c2*1-2-11-9-13-8-7-12-5-3-4-6-14(12)15(13)10-11;2*1-2-4-6-5-3-1;;;;/h2*3-10H,2H2,1H3;2*1-5H;2*1H;;/q4*-1;;;;/p-2. The van der Waals surface area contributed by atoms with Crippen LogP contribution in [0.1, 0.15) is 25.0 Å². The summed E-state index contributed by atoms with van der Waals surface area (Å²) < 4.78 is 0. The molecule has 0 aliphatic carbocycles. The van der Waals surface area contributed by atoms with Crippen LogP contribution in [-0.4, -0.2) is 6.88 Å². The van der Waals surface area contributed by atoms with Crippen molar-refractivity contribution in [3.8, 4) is 0 Å². The van der Waals surface area contributed by atoms with E-state index in [1.165, 1.54) is 77.6 Å². The van der Waals surface area contributed by atoms with Gasteiger partial charge in [-0.2, -0.15) is 84.9 Å². The van der Waals surface area contributed by atoms with E-state index in [4.69, 9.17) is 0 Å². The maximum atomic E-state index is 3.06. The Morgan fingerprint density at radius 2 is 0.826 bits per heavy atom. The second-order valence-electron chi connectivity index (χ2n) is 10.2. The molecule has 8 rings (SSSR count). The molecule has 0 aromatic heterocycles. The van der Waals surface area contributed by atoms with Crippen molar-refractivity contribution in [3.05, 3.63) is 181 Å². The second kappa shape index (κ2) is 21.5. The maximum Gasteiger partial charge on any atom is -0.171 e. The summed E-state index contributed by atoms with van der Waals surface area (Å²) in [4.78, 5) is 0. The van der Waals surface area contributed by atoms with Gasteiger partial charge in [0.25, 0.3) is 0 Å². The van der Waals surface area contributed by atoms with Crippen LogP contribution in [0.5, 0.6) is 0 Å². The molecule has 8 aromatic carbocycles. The van der Waals surface area contributed by atoms with Crippen molar-refractivity contribution in [2.75, 3.05) is 0 Å². The van der Waals surface area contributed by atoms with Crippen molar-refractivity contribution in [2.24, 2.45) is 0 Å². The quantitative estimate of drug-likeness (QED) is 0.171. The van der Waals surface area contributed by atoms with E-state index in [1.54, 1.807) is 0 Å². The number of rotatable bonds is 2. The average Bonchev–Trinajstić information content (AvgIpc) is 3.76. The zero-order valence-corrected chi connectivity index (χ0v) is 31.2. The summed E-state index contributed by atoms with van der Waals surface area (Å²) in [7, 11) is 0. The fourth-order valence-corrected chi connectivity index (χ4v) is 5.14. The summed E-state index contributed by atoms with van der Waals surface area (Å²) >= 11 is 1.36. The Bertz CT molecular complexity index is 1780. The summed E-state index contributed by atoms with van der Waals surface area (Å²) in [6.07, 6.45) is 2.23. The van der Waals surface area contributed by atoms with E-state index in [-0.39, 0.29) is 24.8 Å². The number of halogens is 2. The summed E-state index contributed by atoms with van der Waals surface area (Å²) in [5.74, 6) is 0. The van der Waals surface area contributed by atoms with Gasteiger partial charge < -0.3 is 24.8 Å².